The number of rotatable bonds is 6. The molecule has 3 aromatic rings. The molecule has 0 atom stereocenters. The van der Waals surface area contributed by atoms with E-state index in [1.54, 1.807) is 36.7 Å². The summed E-state index contributed by atoms with van der Waals surface area (Å²) in [5.41, 5.74) is -0.202. The second kappa shape index (κ2) is 6.47. The third-order valence-electron chi connectivity index (χ3n) is 4.97. The monoisotopic (exact) mass is 383 g/mol. The predicted octanol–water partition coefficient (Wildman–Crippen LogP) is 3.78. The third-order valence-corrected chi connectivity index (χ3v) is 4.97. The van der Waals surface area contributed by atoms with Gasteiger partial charge in [-0.2, -0.15) is 0 Å². The minimum atomic E-state index is -1.44. The number of alkyl halides is 1. The maximum atomic E-state index is 15.2. The van der Waals surface area contributed by atoms with E-state index in [1.165, 1.54) is 6.07 Å². The summed E-state index contributed by atoms with van der Waals surface area (Å²) in [5, 5.41) is 12.7. The van der Waals surface area contributed by atoms with Crippen LogP contribution in [0.2, 0.25) is 0 Å². The first kappa shape index (κ1) is 17.0. The Morgan fingerprint density at radius 2 is 1.86 bits per heavy atom. The van der Waals surface area contributed by atoms with Crippen LogP contribution in [0.5, 0.6) is 17.6 Å². The summed E-state index contributed by atoms with van der Waals surface area (Å²) in [5.74, 6) is 1.11. The number of hydrogen-bond donors (Lipinski definition) is 1. The normalized spacial score (nSPS) is 23.8. The fourth-order valence-corrected chi connectivity index (χ4v) is 3.26. The summed E-state index contributed by atoms with van der Waals surface area (Å²) in [7, 11) is 0. The van der Waals surface area contributed by atoms with E-state index in [-0.39, 0.29) is 30.9 Å². The first-order valence-electron chi connectivity index (χ1n) is 9.18. The number of ether oxygens (including phenoxy) is 2. The zero-order valence-electron chi connectivity index (χ0n) is 14.9. The second-order valence-electron chi connectivity index (χ2n) is 7.25. The lowest BCUT2D eigenvalue weighted by atomic mass is 9.74. The van der Waals surface area contributed by atoms with Crippen LogP contribution < -0.4 is 9.47 Å². The van der Waals surface area contributed by atoms with E-state index in [0.717, 1.165) is 12.8 Å². The molecular weight excluding hydrogens is 365 g/mol. The van der Waals surface area contributed by atoms with Gasteiger partial charge < -0.3 is 19.1 Å². The van der Waals surface area contributed by atoms with Crippen LogP contribution in [0.4, 0.5) is 4.39 Å². The van der Waals surface area contributed by atoms with Gasteiger partial charge in [-0.05, 0) is 35.7 Å². The van der Waals surface area contributed by atoms with Gasteiger partial charge in [0.15, 0.2) is 5.76 Å². The van der Waals surface area contributed by atoms with Crippen molar-refractivity contribution in [2.45, 2.75) is 43.6 Å². The molecule has 0 saturated heterocycles. The fourth-order valence-electron chi connectivity index (χ4n) is 3.26. The summed E-state index contributed by atoms with van der Waals surface area (Å²) >= 11 is 0. The van der Waals surface area contributed by atoms with E-state index >= 15 is 4.39 Å². The van der Waals surface area contributed by atoms with Crippen molar-refractivity contribution in [1.29, 1.82) is 0 Å². The summed E-state index contributed by atoms with van der Waals surface area (Å²) in [4.78, 5) is 8.37. The van der Waals surface area contributed by atoms with Gasteiger partial charge in [0.05, 0.1) is 0 Å². The van der Waals surface area contributed by atoms with Crippen molar-refractivity contribution < 1.29 is 23.5 Å². The lowest BCUT2D eigenvalue weighted by Gasteiger charge is -2.41. The van der Waals surface area contributed by atoms with Gasteiger partial charge >= 0.3 is 0 Å². The van der Waals surface area contributed by atoms with E-state index in [0.29, 0.717) is 28.6 Å². The lowest BCUT2D eigenvalue weighted by molar-refractivity contribution is -0.0487. The van der Waals surface area contributed by atoms with Crippen LogP contribution in [0.1, 0.15) is 31.2 Å². The molecular formula is C20H18FN3O4. The van der Waals surface area contributed by atoms with Crippen LogP contribution in [0.3, 0.4) is 0 Å². The molecule has 0 radical (unpaired) electrons. The fraction of sp³-hybridized carbons (Fsp3) is 0.350. The van der Waals surface area contributed by atoms with Gasteiger partial charge in [0.2, 0.25) is 11.8 Å². The number of aromatic nitrogens is 3. The van der Waals surface area contributed by atoms with Crippen molar-refractivity contribution in [2.24, 2.45) is 0 Å². The molecule has 0 amide bonds. The first-order chi connectivity index (χ1) is 13.6. The van der Waals surface area contributed by atoms with Crippen LogP contribution in [-0.2, 0) is 5.67 Å². The van der Waals surface area contributed by atoms with E-state index < -0.39 is 5.67 Å². The standard InChI is InChI=1S/C20H18FN3O4/c21-20(13-5-6-22-19(7-13)26-14-2-3-14)9-15(10-20)27-18-4-1-12(11-23-18)16-8-17(25)24-28-16/h1,4-8,11,14-15H,2-3,9-10H2,(H,24,25)/t15-,20+. The van der Waals surface area contributed by atoms with Crippen LogP contribution in [0, 0.1) is 0 Å². The van der Waals surface area contributed by atoms with E-state index in [2.05, 4.69) is 15.1 Å². The Kier molecular flexibility index (Phi) is 3.92. The highest BCUT2D eigenvalue weighted by molar-refractivity contribution is 5.57. The summed E-state index contributed by atoms with van der Waals surface area (Å²) in [6.07, 6.45) is 5.69. The molecule has 7 nitrogen and oxygen atoms in total. The topological polar surface area (TPSA) is 90.5 Å². The number of nitrogens with zero attached hydrogens (tertiary/aromatic N) is 3. The van der Waals surface area contributed by atoms with Gasteiger partial charge in [-0.3, -0.25) is 0 Å². The Hall–Kier alpha value is -3.16. The van der Waals surface area contributed by atoms with Crippen molar-refractivity contribution in [2.75, 3.05) is 0 Å². The summed E-state index contributed by atoms with van der Waals surface area (Å²) in [6, 6.07) is 8.20. The molecule has 0 spiro atoms. The molecule has 0 unspecified atom stereocenters. The summed E-state index contributed by atoms with van der Waals surface area (Å²) in [6.45, 7) is 0. The first-order valence-corrected chi connectivity index (χ1v) is 9.18. The molecule has 3 heterocycles. The highest BCUT2D eigenvalue weighted by Crippen LogP contribution is 2.47. The number of pyridine rings is 2. The van der Waals surface area contributed by atoms with Gasteiger partial charge in [-0.25, -0.2) is 14.4 Å². The molecule has 2 aliphatic carbocycles. The molecule has 2 fully saturated rings. The van der Waals surface area contributed by atoms with Gasteiger partial charge in [-0.15, -0.1) is 0 Å². The molecule has 3 aromatic heterocycles. The number of aromatic hydroxyl groups is 1. The van der Waals surface area contributed by atoms with Crippen molar-refractivity contribution in [3.63, 3.8) is 0 Å². The molecule has 144 valence electrons. The highest BCUT2D eigenvalue weighted by atomic mass is 19.1. The van der Waals surface area contributed by atoms with E-state index in [9.17, 15) is 5.11 Å². The molecule has 2 saturated carbocycles. The minimum absolute atomic E-state index is 0.189. The Morgan fingerprint density at radius 3 is 2.54 bits per heavy atom. The van der Waals surface area contributed by atoms with E-state index in [1.807, 2.05) is 0 Å². The molecule has 8 heteroatoms. The third kappa shape index (κ3) is 3.37. The van der Waals surface area contributed by atoms with Crippen LogP contribution >= 0.6 is 0 Å². The average Bonchev–Trinajstić information content (AvgIpc) is 3.38. The molecule has 0 bridgehead atoms. The highest BCUT2D eigenvalue weighted by Gasteiger charge is 2.48. The maximum absolute atomic E-state index is 15.2. The van der Waals surface area contributed by atoms with Crippen molar-refractivity contribution >= 4 is 0 Å². The maximum Gasteiger partial charge on any atom is 0.252 e. The SMILES string of the molecule is Oc1cc(-c2ccc(O[C@H]3C[C@](F)(c4ccnc(OC5CC5)c4)C3)nc2)on1. The summed E-state index contributed by atoms with van der Waals surface area (Å²) < 4.78 is 31.6. The van der Waals surface area contributed by atoms with Gasteiger partial charge in [-0.1, -0.05) is 0 Å². The van der Waals surface area contributed by atoms with Gasteiger partial charge in [0, 0.05) is 49.0 Å². The molecule has 1 N–H and O–H groups in total. The van der Waals surface area contributed by atoms with Crippen molar-refractivity contribution in [3.8, 4) is 29.0 Å². The Morgan fingerprint density at radius 1 is 1.04 bits per heavy atom. The largest absolute Gasteiger partial charge is 0.491 e. The minimum Gasteiger partial charge on any atom is -0.491 e. The predicted molar refractivity (Wildman–Crippen MR) is 95.7 cm³/mol. The van der Waals surface area contributed by atoms with Gasteiger partial charge in [0.1, 0.15) is 17.9 Å². The molecule has 0 aromatic carbocycles. The number of hydrogen-bond acceptors (Lipinski definition) is 7. The van der Waals surface area contributed by atoms with Crippen molar-refractivity contribution in [1.82, 2.24) is 15.1 Å². The quantitative estimate of drug-likeness (QED) is 0.693. The Labute approximate surface area is 160 Å². The lowest BCUT2D eigenvalue weighted by Crippen LogP contribution is -2.44. The zero-order chi connectivity index (χ0) is 19.1. The molecule has 28 heavy (non-hydrogen) atoms. The van der Waals surface area contributed by atoms with Crippen LogP contribution in [-0.4, -0.2) is 32.4 Å². The molecule has 2 aliphatic rings. The second-order valence-corrected chi connectivity index (χ2v) is 7.25. The average molecular weight is 383 g/mol. The van der Waals surface area contributed by atoms with E-state index in [4.69, 9.17) is 14.0 Å². The van der Waals surface area contributed by atoms with Crippen LogP contribution in [0.15, 0.2) is 47.2 Å². The van der Waals surface area contributed by atoms with Crippen molar-refractivity contribution in [3.05, 3.63) is 48.3 Å². The Bertz CT molecular complexity index is 981. The molecule has 0 aliphatic heterocycles. The van der Waals surface area contributed by atoms with Crippen LogP contribution in [0.25, 0.3) is 11.3 Å². The molecule has 5 rings (SSSR count). The number of halogens is 1. The zero-order valence-corrected chi connectivity index (χ0v) is 14.9. The smallest absolute Gasteiger partial charge is 0.252 e. The van der Waals surface area contributed by atoms with Gasteiger partial charge in [0.25, 0.3) is 5.88 Å². The Balaban J connectivity index is 1.21.